The van der Waals surface area contributed by atoms with E-state index in [0.717, 1.165) is 6.42 Å². The largest absolute Gasteiger partial charge is 0.481 e. The number of benzene rings is 1. The standard InChI is InChI=1S/C18H21NO5/c1-2-11-24-18(23)12-7-9-13(10-8-12)19-16(20)14-5-3-4-6-15(14)17(21)22/h3-4,7-10,14-15H,2,5-6,11H2,1H3,(H,19,20)(H,21,22). The predicted octanol–water partition coefficient (Wildman–Crippen LogP) is 2.86. The van der Waals surface area contributed by atoms with Crippen LogP contribution in [0.1, 0.15) is 36.5 Å². The van der Waals surface area contributed by atoms with Gasteiger partial charge in [0.05, 0.1) is 24.0 Å². The minimum absolute atomic E-state index is 0.326. The van der Waals surface area contributed by atoms with E-state index < -0.39 is 23.8 Å². The fourth-order valence-corrected chi connectivity index (χ4v) is 2.58. The van der Waals surface area contributed by atoms with Crippen LogP contribution in [0.5, 0.6) is 0 Å². The van der Waals surface area contributed by atoms with Gasteiger partial charge in [-0.25, -0.2) is 4.79 Å². The van der Waals surface area contributed by atoms with Crippen LogP contribution in [-0.4, -0.2) is 29.6 Å². The van der Waals surface area contributed by atoms with Gasteiger partial charge in [0.2, 0.25) is 5.91 Å². The van der Waals surface area contributed by atoms with E-state index in [1.165, 1.54) is 0 Å². The Hall–Kier alpha value is -2.63. The lowest BCUT2D eigenvalue weighted by atomic mass is 9.82. The third kappa shape index (κ3) is 4.44. The molecule has 0 radical (unpaired) electrons. The Bertz CT molecular complexity index is 635. The lowest BCUT2D eigenvalue weighted by Gasteiger charge is -2.24. The molecule has 1 aromatic carbocycles. The third-order valence-corrected chi connectivity index (χ3v) is 3.91. The van der Waals surface area contributed by atoms with Gasteiger partial charge in [-0.2, -0.15) is 0 Å². The molecule has 2 N–H and O–H groups in total. The van der Waals surface area contributed by atoms with Gasteiger partial charge in [-0.3, -0.25) is 9.59 Å². The molecule has 1 aromatic rings. The van der Waals surface area contributed by atoms with Crippen molar-refractivity contribution < 1.29 is 24.2 Å². The summed E-state index contributed by atoms with van der Waals surface area (Å²) in [6, 6.07) is 6.36. The maximum absolute atomic E-state index is 12.3. The lowest BCUT2D eigenvalue weighted by Crippen LogP contribution is -2.34. The zero-order valence-corrected chi connectivity index (χ0v) is 13.5. The molecule has 0 saturated heterocycles. The lowest BCUT2D eigenvalue weighted by molar-refractivity contribution is -0.146. The van der Waals surface area contributed by atoms with Gasteiger partial charge in [0.25, 0.3) is 0 Å². The molecule has 0 aliphatic heterocycles. The summed E-state index contributed by atoms with van der Waals surface area (Å²) >= 11 is 0. The minimum atomic E-state index is -0.964. The second kappa shape index (κ2) is 8.29. The highest BCUT2D eigenvalue weighted by atomic mass is 16.5. The number of allylic oxidation sites excluding steroid dienone is 2. The molecule has 1 aliphatic rings. The van der Waals surface area contributed by atoms with E-state index >= 15 is 0 Å². The van der Waals surface area contributed by atoms with Crippen LogP contribution in [0.15, 0.2) is 36.4 Å². The molecule has 6 heteroatoms. The number of carboxylic acid groups (broad SMARTS) is 1. The fourth-order valence-electron chi connectivity index (χ4n) is 2.58. The van der Waals surface area contributed by atoms with Crippen molar-refractivity contribution in [1.29, 1.82) is 0 Å². The number of carboxylic acids is 1. The van der Waals surface area contributed by atoms with Gasteiger partial charge in [0, 0.05) is 5.69 Å². The average molecular weight is 331 g/mol. The molecule has 0 saturated carbocycles. The van der Waals surface area contributed by atoms with Crippen molar-refractivity contribution in [3.63, 3.8) is 0 Å². The van der Waals surface area contributed by atoms with Crippen molar-refractivity contribution in [3.05, 3.63) is 42.0 Å². The van der Waals surface area contributed by atoms with Crippen LogP contribution >= 0.6 is 0 Å². The Kier molecular flexibility index (Phi) is 6.12. The van der Waals surface area contributed by atoms with Crippen LogP contribution < -0.4 is 5.32 Å². The van der Waals surface area contributed by atoms with Crippen molar-refractivity contribution in [2.45, 2.75) is 26.2 Å². The van der Waals surface area contributed by atoms with E-state index in [1.807, 2.05) is 13.0 Å². The number of hydrogen-bond acceptors (Lipinski definition) is 4. The van der Waals surface area contributed by atoms with Crippen molar-refractivity contribution >= 4 is 23.5 Å². The predicted molar refractivity (Wildman–Crippen MR) is 88.6 cm³/mol. The second-order valence-electron chi connectivity index (χ2n) is 5.70. The highest BCUT2D eigenvalue weighted by Gasteiger charge is 2.33. The van der Waals surface area contributed by atoms with Gasteiger partial charge < -0.3 is 15.2 Å². The molecular weight excluding hydrogens is 310 g/mol. The zero-order chi connectivity index (χ0) is 17.5. The number of aliphatic carboxylic acids is 1. The highest BCUT2D eigenvalue weighted by Crippen LogP contribution is 2.27. The Morgan fingerprint density at radius 3 is 2.33 bits per heavy atom. The van der Waals surface area contributed by atoms with Crippen molar-refractivity contribution in [2.75, 3.05) is 11.9 Å². The fraction of sp³-hybridized carbons (Fsp3) is 0.389. The number of nitrogens with one attached hydrogen (secondary N) is 1. The number of rotatable bonds is 6. The summed E-state index contributed by atoms with van der Waals surface area (Å²) in [6.07, 6.45) is 5.14. The van der Waals surface area contributed by atoms with E-state index in [-0.39, 0.29) is 5.91 Å². The number of anilines is 1. The molecule has 0 aromatic heterocycles. The Balaban J connectivity index is 2.00. The van der Waals surface area contributed by atoms with Crippen LogP contribution in [0.2, 0.25) is 0 Å². The quantitative estimate of drug-likeness (QED) is 0.617. The number of esters is 1. The van der Waals surface area contributed by atoms with E-state index in [0.29, 0.717) is 30.7 Å². The van der Waals surface area contributed by atoms with Gasteiger partial charge in [-0.1, -0.05) is 19.1 Å². The first kappa shape index (κ1) is 17.7. The number of carbonyl (C=O) groups is 3. The number of hydrogen-bond donors (Lipinski definition) is 2. The number of amides is 1. The summed E-state index contributed by atoms with van der Waals surface area (Å²) < 4.78 is 5.03. The molecule has 0 fully saturated rings. The number of carbonyl (C=O) groups excluding carboxylic acids is 2. The van der Waals surface area contributed by atoms with Crippen molar-refractivity contribution in [1.82, 2.24) is 0 Å². The normalized spacial score (nSPS) is 19.5. The van der Waals surface area contributed by atoms with E-state index in [2.05, 4.69) is 5.32 Å². The maximum Gasteiger partial charge on any atom is 0.338 e. The summed E-state index contributed by atoms with van der Waals surface area (Å²) in [5.74, 6) is -3.00. The molecule has 1 amide bonds. The summed E-state index contributed by atoms with van der Waals surface area (Å²) in [5.41, 5.74) is 0.927. The first-order valence-electron chi connectivity index (χ1n) is 7.98. The summed E-state index contributed by atoms with van der Waals surface area (Å²) in [4.78, 5) is 35.3. The molecule has 0 bridgehead atoms. The van der Waals surface area contributed by atoms with Gasteiger partial charge >= 0.3 is 11.9 Å². The molecule has 128 valence electrons. The third-order valence-electron chi connectivity index (χ3n) is 3.91. The van der Waals surface area contributed by atoms with Gasteiger partial charge in [-0.15, -0.1) is 0 Å². The first-order chi connectivity index (χ1) is 11.5. The van der Waals surface area contributed by atoms with Crippen LogP contribution in [0.25, 0.3) is 0 Å². The van der Waals surface area contributed by atoms with Gasteiger partial charge in [-0.05, 0) is 43.5 Å². The molecule has 24 heavy (non-hydrogen) atoms. The summed E-state index contributed by atoms with van der Waals surface area (Å²) in [7, 11) is 0. The Morgan fingerprint density at radius 1 is 1.12 bits per heavy atom. The van der Waals surface area contributed by atoms with Crippen LogP contribution in [0, 0.1) is 11.8 Å². The molecule has 6 nitrogen and oxygen atoms in total. The van der Waals surface area contributed by atoms with Crippen LogP contribution in [0.3, 0.4) is 0 Å². The minimum Gasteiger partial charge on any atom is -0.481 e. The molecule has 0 spiro atoms. The zero-order valence-electron chi connectivity index (χ0n) is 13.5. The second-order valence-corrected chi connectivity index (χ2v) is 5.70. The molecule has 0 heterocycles. The molecule has 2 unspecified atom stereocenters. The first-order valence-corrected chi connectivity index (χ1v) is 7.98. The molecular formula is C18H21NO5. The van der Waals surface area contributed by atoms with Crippen LogP contribution in [-0.2, 0) is 14.3 Å². The van der Waals surface area contributed by atoms with E-state index in [1.54, 1.807) is 30.3 Å². The Morgan fingerprint density at radius 2 is 1.75 bits per heavy atom. The van der Waals surface area contributed by atoms with Gasteiger partial charge in [0.15, 0.2) is 0 Å². The van der Waals surface area contributed by atoms with E-state index in [9.17, 15) is 19.5 Å². The number of ether oxygens (including phenoxy) is 1. The van der Waals surface area contributed by atoms with Crippen molar-refractivity contribution in [3.8, 4) is 0 Å². The topological polar surface area (TPSA) is 92.7 Å². The van der Waals surface area contributed by atoms with Crippen molar-refractivity contribution in [2.24, 2.45) is 11.8 Å². The maximum atomic E-state index is 12.3. The van der Waals surface area contributed by atoms with Gasteiger partial charge in [0.1, 0.15) is 0 Å². The highest BCUT2D eigenvalue weighted by molar-refractivity contribution is 5.96. The smallest absolute Gasteiger partial charge is 0.338 e. The molecule has 2 rings (SSSR count). The van der Waals surface area contributed by atoms with E-state index in [4.69, 9.17) is 4.74 Å². The monoisotopic (exact) mass is 331 g/mol. The summed E-state index contributed by atoms with van der Waals surface area (Å²) in [5, 5.41) is 11.9. The van der Waals surface area contributed by atoms with Crippen LogP contribution in [0.4, 0.5) is 5.69 Å². The SMILES string of the molecule is CCCOC(=O)c1ccc(NC(=O)C2CC=CCC2C(=O)O)cc1. The molecule has 1 aliphatic carbocycles. The Labute approximate surface area is 140 Å². The summed E-state index contributed by atoms with van der Waals surface area (Å²) in [6.45, 7) is 2.28. The average Bonchev–Trinajstić information content (AvgIpc) is 2.60. The molecule has 2 atom stereocenters.